The fourth-order valence-corrected chi connectivity index (χ4v) is 4.08. The average molecular weight is 471 g/mol. The number of aliphatic hydroxyl groups is 1. The first-order valence-electron chi connectivity index (χ1n) is 10.0. The number of nitriles is 1. The van der Waals surface area contributed by atoms with E-state index in [0.29, 0.717) is 39.7 Å². The van der Waals surface area contributed by atoms with Crippen molar-refractivity contribution in [1.82, 2.24) is 15.5 Å². The summed E-state index contributed by atoms with van der Waals surface area (Å²) in [6.07, 6.45) is 2.84. The van der Waals surface area contributed by atoms with Gasteiger partial charge in [0, 0.05) is 28.9 Å². The monoisotopic (exact) mass is 470 g/mol. The summed E-state index contributed by atoms with van der Waals surface area (Å²) >= 11 is 12.0. The van der Waals surface area contributed by atoms with Crippen LogP contribution in [-0.2, 0) is 5.60 Å². The van der Waals surface area contributed by atoms with Crippen LogP contribution in [0.3, 0.4) is 0 Å². The van der Waals surface area contributed by atoms with E-state index in [1.165, 1.54) is 19.2 Å². The highest BCUT2D eigenvalue weighted by Gasteiger charge is 2.35. The van der Waals surface area contributed by atoms with Crippen LogP contribution < -0.4 is 5.32 Å². The molecule has 0 saturated heterocycles. The van der Waals surface area contributed by atoms with Gasteiger partial charge in [0.05, 0.1) is 11.6 Å². The summed E-state index contributed by atoms with van der Waals surface area (Å²) < 4.78 is 5.27. The zero-order valence-corrected chi connectivity index (χ0v) is 18.9. The Labute approximate surface area is 195 Å². The van der Waals surface area contributed by atoms with E-state index in [-0.39, 0.29) is 23.4 Å². The zero-order chi connectivity index (χ0) is 23.0. The molecule has 3 aromatic rings. The highest BCUT2D eigenvalue weighted by molar-refractivity contribution is 6.30. The van der Waals surface area contributed by atoms with E-state index in [1.807, 2.05) is 6.07 Å². The van der Waals surface area contributed by atoms with Gasteiger partial charge in [-0.15, -0.1) is 0 Å². The minimum absolute atomic E-state index is 0.0539. The predicted molar refractivity (Wildman–Crippen MR) is 119 cm³/mol. The Morgan fingerprint density at radius 2 is 2.06 bits per heavy atom. The lowest BCUT2D eigenvalue weighted by molar-refractivity contribution is 0.0686. The lowest BCUT2D eigenvalue weighted by atomic mass is 9.74. The molecule has 7 nitrogen and oxygen atoms in total. The molecule has 2 aromatic heterocycles. The number of carbonyl (C=O) groups excluding carboxylic acids is 1. The van der Waals surface area contributed by atoms with E-state index in [4.69, 9.17) is 27.7 Å². The molecule has 1 atom stereocenters. The van der Waals surface area contributed by atoms with Gasteiger partial charge in [0.1, 0.15) is 10.8 Å². The molecule has 2 N–H and O–H groups in total. The first kappa shape index (κ1) is 22.3. The molecule has 1 aliphatic rings. The van der Waals surface area contributed by atoms with Crippen molar-refractivity contribution in [2.24, 2.45) is 0 Å². The van der Waals surface area contributed by atoms with E-state index in [1.54, 1.807) is 25.1 Å². The molecule has 1 unspecified atom stereocenters. The normalized spacial score (nSPS) is 19.5. The summed E-state index contributed by atoms with van der Waals surface area (Å²) in [6.45, 7) is 3.32. The van der Waals surface area contributed by atoms with E-state index in [0.717, 1.165) is 5.56 Å². The summed E-state index contributed by atoms with van der Waals surface area (Å²) in [5.41, 5.74) is 1.22. The first-order valence-corrected chi connectivity index (χ1v) is 10.8. The SMILES string of the molecule is Cc1cc(C(C)(O)c2cc(C(=O)NC3CC(c4cc(Cl)ccc4C#N)C3)no2)cnc1Cl. The van der Waals surface area contributed by atoms with Gasteiger partial charge in [0.2, 0.25) is 0 Å². The Bertz CT molecular complexity index is 1230. The minimum atomic E-state index is -1.53. The van der Waals surface area contributed by atoms with Crippen molar-refractivity contribution in [2.45, 2.75) is 44.2 Å². The topological polar surface area (TPSA) is 112 Å². The maximum Gasteiger partial charge on any atom is 0.273 e. The molecule has 1 fully saturated rings. The van der Waals surface area contributed by atoms with Crippen molar-refractivity contribution < 1.29 is 14.4 Å². The zero-order valence-electron chi connectivity index (χ0n) is 17.4. The number of halogens is 2. The molecular formula is C23H20Cl2N4O3. The molecule has 1 aromatic carbocycles. The number of aryl methyl sites for hydroxylation is 1. The van der Waals surface area contributed by atoms with E-state index in [9.17, 15) is 15.2 Å². The molecule has 32 heavy (non-hydrogen) atoms. The van der Waals surface area contributed by atoms with Crippen molar-refractivity contribution in [3.63, 3.8) is 0 Å². The summed E-state index contributed by atoms with van der Waals surface area (Å²) in [4.78, 5) is 16.7. The molecule has 1 saturated carbocycles. The number of nitrogens with zero attached hydrogens (tertiary/aromatic N) is 3. The molecule has 0 spiro atoms. The lowest BCUT2D eigenvalue weighted by Gasteiger charge is -2.36. The van der Waals surface area contributed by atoms with Crippen LogP contribution in [-0.4, -0.2) is 27.2 Å². The number of rotatable bonds is 5. The highest BCUT2D eigenvalue weighted by atomic mass is 35.5. The average Bonchev–Trinajstić information content (AvgIpc) is 3.23. The molecule has 4 rings (SSSR count). The van der Waals surface area contributed by atoms with Crippen LogP contribution in [0.15, 0.2) is 41.1 Å². The molecule has 2 heterocycles. The lowest BCUT2D eigenvalue weighted by Crippen LogP contribution is -2.43. The second-order valence-corrected chi connectivity index (χ2v) is 8.96. The van der Waals surface area contributed by atoms with Gasteiger partial charge in [-0.3, -0.25) is 4.79 Å². The third kappa shape index (κ3) is 4.22. The number of hydrogen-bond acceptors (Lipinski definition) is 6. The van der Waals surface area contributed by atoms with E-state index >= 15 is 0 Å². The second-order valence-electron chi connectivity index (χ2n) is 8.16. The fraction of sp³-hybridized carbons (Fsp3) is 0.304. The van der Waals surface area contributed by atoms with Gasteiger partial charge in [-0.05, 0) is 68.0 Å². The Morgan fingerprint density at radius 1 is 1.31 bits per heavy atom. The Hall–Kier alpha value is -2.92. The van der Waals surface area contributed by atoms with E-state index in [2.05, 4.69) is 21.5 Å². The smallest absolute Gasteiger partial charge is 0.273 e. The molecule has 1 amide bonds. The summed E-state index contributed by atoms with van der Waals surface area (Å²) in [5.74, 6) is -0.116. The van der Waals surface area contributed by atoms with Gasteiger partial charge in [-0.25, -0.2) is 4.98 Å². The van der Waals surface area contributed by atoms with Crippen molar-refractivity contribution in [3.05, 3.63) is 80.4 Å². The van der Waals surface area contributed by atoms with Crippen LogP contribution in [0.1, 0.15) is 64.2 Å². The number of amides is 1. The number of hydrogen-bond donors (Lipinski definition) is 2. The minimum Gasteiger partial charge on any atom is -0.377 e. The number of aromatic nitrogens is 2. The number of benzene rings is 1. The molecule has 0 radical (unpaired) electrons. The summed E-state index contributed by atoms with van der Waals surface area (Å²) in [6, 6.07) is 10.5. The van der Waals surface area contributed by atoms with Gasteiger partial charge in [0.25, 0.3) is 5.91 Å². The Balaban J connectivity index is 1.41. The van der Waals surface area contributed by atoms with Crippen LogP contribution >= 0.6 is 23.2 Å². The molecular weight excluding hydrogens is 451 g/mol. The van der Waals surface area contributed by atoms with Crippen LogP contribution in [0.2, 0.25) is 10.2 Å². The summed E-state index contributed by atoms with van der Waals surface area (Å²) in [7, 11) is 0. The maximum absolute atomic E-state index is 12.6. The number of pyridine rings is 1. The first-order chi connectivity index (χ1) is 15.2. The Kier molecular flexibility index (Phi) is 5.95. The fourth-order valence-electron chi connectivity index (χ4n) is 3.80. The van der Waals surface area contributed by atoms with Gasteiger partial charge >= 0.3 is 0 Å². The third-order valence-electron chi connectivity index (χ3n) is 5.85. The molecule has 0 aliphatic heterocycles. The summed E-state index contributed by atoms with van der Waals surface area (Å²) in [5, 5.41) is 27.9. The predicted octanol–water partition coefficient (Wildman–Crippen LogP) is 4.49. The largest absolute Gasteiger partial charge is 0.377 e. The molecule has 164 valence electrons. The standard InChI is InChI=1S/C23H20Cl2N4O3/c1-12-5-15(11-27-21(12)25)23(2,31)20-9-19(29-32-20)22(30)28-17-6-14(7-17)18-8-16(24)4-3-13(18)10-26/h3-5,8-9,11,14,17,31H,6-7H2,1-2H3,(H,28,30). The number of carbonyl (C=O) groups is 1. The van der Waals surface area contributed by atoms with Crippen LogP contribution in [0, 0.1) is 18.3 Å². The van der Waals surface area contributed by atoms with Crippen molar-refractivity contribution in [2.75, 3.05) is 0 Å². The van der Waals surface area contributed by atoms with Crippen LogP contribution in [0.5, 0.6) is 0 Å². The van der Waals surface area contributed by atoms with Crippen molar-refractivity contribution in [1.29, 1.82) is 5.26 Å². The van der Waals surface area contributed by atoms with Crippen LogP contribution in [0.4, 0.5) is 0 Å². The van der Waals surface area contributed by atoms with Gasteiger partial charge in [-0.1, -0.05) is 28.4 Å². The van der Waals surface area contributed by atoms with Crippen molar-refractivity contribution in [3.8, 4) is 6.07 Å². The molecule has 9 heteroatoms. The highest BCUT2D eigenvalue weighted by Crippen LogP contribution is 2.39. The quantitative estimate of drug-likeness (QED) is 0.531. The number of nitrogens with one attached hydrogen (secondary N) is 1. The van der Waals surface area contributed by atoms with Gasteiger partial charge < -0.3 is 14.9 Å². The maximum atomic E-state index is 12.6. The Morgan fingerprint density at radius 3 is 2.75 bits per heavy atom. The van der Waals surface area contributed by atoms with E-state index < -0.39 is 11.5 Å². The molecule has 0 bridgehead atoms. The van der Waals surface area contributed by atoms with Gasteiger partial charge in [0.15, 0.2) is 11.5 Å². The third-order valence-corrected chi connectivity index (χ3v) is 6.48. The molecule has 1 aliphatic carbocycles. The van der Waals surface area contributed by atoms with Crippen molar-refractivity contribution >= 4 is 29.1 Å². The van der Waals surface area contributed by atoms with Crippen LogP contribution in [0.25, 0.3) is 0 Å². The van der Waals surface area contributed by atoms with Gasteiger partial charge in [-0.2, -0.15) is 5.26 Å². The second kappa shape index (κ2) is 8.55.